The molecule has 0 saturated carbocycles. The van der Waals surface area contributed by atoms with Gasteiger partial charge in [-0.15, -0.1) is 0 Å². The van der Waals surface area contributed by atoms with E-state index in [2.05, 4.69) is 27.9 Å². The molecule has 78 valence electrons. The van der Waals surface area contributed by atoms with Gasteiger partial charge in [-0.05, 0) is 47.6 Å². The lowest BCUT2D eigenvalue weighted by Gasteiger charge is -2.22. The molecule has 1 fully saturated rings. The summed E-state index contributed by atoms with van der Waals surface area (Å²) in [7, 11) is 0. The third kappa shape index (κ3) is 2.96. The Morgan fingerprint density at radius 1 is 1.50 bits per heavy atom. The Balaban J connectivity index is 1.76. The highest BCUT2D eigenvalue weighted by Gasteiger charge is 2.13. The first-order valence-electron chi connectivity index (χ1n) is 4.90. The van der Waals surface area contributed by atoms with Crippen LogP contribution in [0.3, 0.4) is 0 Å². The molecule has 1 aromatic rings. The molecule has 1 atom stereocenters. The van der Waals surface area contributed by atoms with E-state index in [1.54, 1.807) is 0 Å². The van der Waals surface area contributed by atoms with E-state index >= 15 is 0 Å². The number of rotatable bonds is 3. The van der Waals surface area contributed by atoms with Gasteiger partial charge in [0.1, 0.15) is 5.76 Å². The third-order valence-corrected chi connectivity index (χ3v) is 2.93. The second kappa shape index (κ2) is 5.14. The highest BCUT2D eigenvalue weighted by Crippen LogP contribution is 2.11. The summed E-state index contributed by atoms with van der Waals surface area (Å²) in [5, 5.41) is 3.43. The van der Waals surface area contributed by atoms with Gasteiger partial charge in [0.15, 0.2) is 3.77 Å². The molecule has 0 spiro atoms. The van der Waals surface area contributed by atoms with Crippen LogP contribution < -0.4 is 5.32 Å². The molecule has 2 rings (SSSR count). The molecule has 1 aromatic heterocycles. The van der Waals surface area contributed by atoms with E-state index in [4.69, 9.17) is 9.15 Å². The topological polar surface area (TPSA) is 34.4 Å². The van der Waals surface area contributed by atoms with E-state index in [0.29, 0.717) is 6.04 Å². The van der Waals surface area contributed by atoms with Gasteiger partial charge in [0.2, 0.25) is 0 Å². The summed E-state index contributed by atoms with van der Waals surface area (Å²) < 4.78 is 11.8. The predicted molar refractivity (Wildman–Crippen MR) is 62.1 cm³/mol. The number of ether oxygens (including phenoxy) is 1. The van der Waals surface area contributed by atoms with Crippen molar-refractivity contribution in [2.75, 3.05) is 13.2 Å². The molecule has 1 saturated heterocycles. The van der Waals surface area contributed by atoms with Crippen LogP contribution in [0.4, 0.5) is 0 Å². The van der Waals surface area contributed by atoms with E-state index < -0.39 is 0 Å². The lowest BCUT2D eigenvalue weighted by Crippen LogP contribution is -2.36. The normalized spacial score (nSPS) is 22.5. The van der Waals surface area contributed by atoms with Crippen LogP contribution in [0.1, 0.15) is 18.6 Å². The van der Waals surface area contributed by atoms with E-state index in [1.807, 2.05) is 12.1 Å². The minimum absolute atomic E-state index is 0.492. The molecule has 1 unspecified atom stereocenters. The van der Waals surface area contributed by atoms with E-state index in [9.17, 15) is 0 Å². The van der Waals surface area contributed by atoms with Gasteiger partial charge in [0, 0.05) is 12.6 Å². The lowest BCUT2D eigenvalue weighted by molar-refractivity contribution is 0.0693. The van der Waals surface area contributed by atoms with Gasteiger partial charge in [-0.25, -0.2) is 0 Å². The summed E-state index contributed by atoms with van der Waals surface area (Å²) in [5.74, 6) is 1.000. The fourth-order valence-corrected chi connectivity index (χ4v) is 2.06. The van der Waals surface area contributed by atoms with Gasteiger partial charge in [-0.1, -0.05) is 0 Å². The van der Waals surface area contributed by atoms with Crippen molar-refractivity contribution in [3.8, 4) is 0 Å². The Kier molecular flexibility index (Phi) is 3.83. The second-order valence-corrected chi connectivity index (χ2v) is 4.56. The summed E-state index contributed by atoms with van der Waals surface area (Å²) in [5.41, 5.74) is 0. The molecular weight excluding hydrogens is 293 g/mol. The van der Waals surface area contributed by atoms with Crippen molar-refractivity contribution >= 4 is 22.6 Å². The minimum Gasteiger partial charge on any atom is -0.454 e. The Morgan fingerprint density at radius 3 is 3.07 bits per heavy atom. The summed E-state index contributed by atoms with van der Waals surface area (Å²) in [6, 6.07) is 4.49. The first-order valence-corrected chi connectivity index (χ1v) is 5.98. The molecule has 0 aliphatic carbocycles. The molecule has 1 N–H and O–H groups in total. The van der Waals surface area contributed by atoms with Crippen molar-refractivity contribution in [1.29, 1.82) is 0 Å². The third-order valence-electron chi connectivity index (χ3n) is 2.35. The van der Waals surface area contributed by atoms with Crippen molar-refractivity contribution in [3.05, 3.63) is 21.7 Å². The first-order chi connectivity index (χ1) is 6.84. The van der Waals surface area contributed by atoms with E-state index in [1.165, 1.54) is 6.42 Å². The lowest BCUT2D eigenvalue weighted by atomic mass is 10.1. The highest BCUT2D eigenvalue weighted by molar-refractivity contribution is 14.1. The van der Waals surface area contributed by atoms with Crippen molar-refractivity contribution in [2.45, 2.75) is 25.4 Å². The Bertz CT molecular complexity index is 281. The number of nitrogens with one attached hydrogen (secondary N) is 1. The summed E-state index contributed by atoms with van der Waals surface area (Å²) >= 11 is 2.18. The molecule has 4 heteroatoms. The average molecular weight is 307 g/mol. The zero-order valence-corrected chi connectivity index (χ0v) is 10.1. The number of halogens is 1. The summed E-state index contributed by atoms with van der Waals surface area (Å²) in [6.45, 7) is 2.55. The van der Waals surface area contributed by atoms with Gasteiger partial charge in [0.25, 0.3) is 0 Å². The number of hydrogen-bond acceptors (Lipinski definition) is 3. The molecule has 2 heterocycles. The maximum absolute atomic E-state index is 5.46. The van der Waals surface area contributed by atoms with Crippen LogP contribution in [0.5, 0.6) is 0 Å². The van der Waals surface area contributed by atoms with Crippen molar-refractivity contribution < 1.29 is 9.15 Å². The van der Waals surface area contributed by atoms with E-state index in [-0.39, 0.29) is 0 Å². The van der Waals surface area contributed by atoms with Gasteiger partial charge in [-0.3, -0.25) is 0 Å². The van der Waals surface area contributed by atoms with Gasteiger partial charge in [-0.2, -0.15) is 0 Å². The smallest absolute Gasteiger partial charge is 0.164 e. The largest absolute Gasteiger partial charge is 0.454 e. The average Bonchev–Trinajstić information content (AvgIpc) is 2.63. The summed E-state index contributed by atoms with van der Waals surface area (Å²) in [4.78, 5) is 0. The Morgan fingerprint density at radius 2 is 2.43 bits per heavy atom. The molecule has 1 aliphatic heterocycles. The van der Waals surface area contributed by atoms with Crippen molar-refractivity contribution in [3.63, 3.8) is 0 Å². The zero-order valence-electron chi connectivity index (χ0n) is 7.96. The van der Waals surface area contributed by atoms with Crippen LogP contribution in [-0.4, -0.2) is 19.3 Å². The molecule has 1 aliphatic rings. The van der Waals surface area contributed by atoms with Crippen molar-refractivity contribution in [2.24, 2.45) is 0 Å². The molecule has 0 amide bonds. The maximum Gasteiger partial charge on any atom is 0.164 e. The summed E-state index contributed by atoms with van der Waals surface area (Å²) in [6.07, 6.45) is 2.37. The standard InChI is InChI=1S/C10H14INO2/c11-10-4-3-9(14-10)6-12-8-2-1-5-13-7-8/h3-4,8,12H,1-2,5-7H2. The van der Waals surface area contributed by atoms with Crippen LogP contribution in [0.15, 0.2) is 16.5 Å². The van der Waals surface area contributed by atoms with Crippen LogP contribution in [0.25, 0.3) is 0 Å². The van der Waals surface area contributed by atoms with Crippen LogP contribution >= 0.6 is 22.6 Å². The predicted octanol–water partition coefficient (Wildman–Crippen LogP) is 2.15. The fourth-order valence-electron chi connectivity index (χ4n) is 1.59. The Labute approximate surface area is 97.3 Å². The molecule has 0 radical (unpaired) electrons. The van der Waals surface area contributed by atoms with E-state index in [0.717, 1.165) is 35.7 Å². The highest BCUT2D eigenvalue weighted by atomic mass is 127. The fraction of sp³-hybridized carbons (Fsp3) is 0.600. The van der Waals surface area contributed by atoms with Crippen LogP contribution in [0.2, 0.25) is 0 Å². The maximum atomic E-state index is 5.46. The molecular formula is C10H14INO2. The van der Waals surface area contributed by atoms with Gasteiger partial charge in [0.05, 0.1) is 13.2 Å². The number of furan rings is 1. The van der Waals surface area contributed by atoms with Crippen LogP contribution in [-0.2, 0) is 11.3 Å². The monoisotopic (exact) mass is 307 g/mol. The SMILES string of the molecule is Ic1ccc(CNC2CCCOC2)o1. The molecule has 14 heavy (non-hydrogen) atoms. The van der Waals surface area contributed by atoms with Gasteiger partial charge >= 0.3 is 0 Å². The quantitative estimate of drug-likeness (QED) is 0.869. The molecule has 3 nitrogen and oxygen atoms in total. The minimum atomic E-state index is 0.492. The second-order valence-electron chi connectivity index (χ2n) is 3.50. The first kappa shape index (κ1) is 10.4. The Hall–Kier alpha value is -0.0700. The molecule has 0 aromatic carbocycles. The van der Waals surface area contributed by atoms with Crippen molar-refractivity contribution in [1.82, 2.24) is 5.32 Å². The van der Waals surface area contributed by atoms with Gasteiger partial charge < -0.3 is 14.5 Å². The van der Waals surface area contributed by atoms with Crippen LogP contribution in [0, 0.1) is 3.77 Å². The number of hydrogen-bond donors (Lipinski definition) is 1. The molecule has 0 bridgehead atoms. The zero-order chi connectivity index (χ0) is 9.80.